The number of ether oxygens (including phenoxy) is 1. The van der Waals surface area contributed by atoms with E-state index in [4.69, 9.17) is 0 Å². The van der Waals surface area contributed by atoms with Crippen LogP contribution in [0.1, 0.15) is 27.6 Å². The molecule has 1 atom stereocenters. The molecule has 0 aliphatic rings. The third-order valence-electron chi connectivity index (χ3n) is 4.56. The number of alkyl halides is 2. The van der Waals surface area contributed by atoms with Crippen LogP contribution in [0.25, 0.3) is 0 Å². The highest BCUT2D eigenvalue weighted by molar-refractivity contribution is 7.10. The van der Waals surface area contributed by atoms with Crippen LogP contribution in [0.15, 0.2) is 66.0 Å². The predicted molar refractivity (Wildman–Crippen MR) is 115 cm³/mol. The fourth-order valence-electron chi connectivity index (χ4n) is 3.13. The van der Waals surface area contributed by atoms with Crippen molar-refractivity contribution < 1.29 is 18.3 Å². The number of hydrogen-bond acceptors (Lipinski definition) is 4. The quantitative estimate of drug-likeness (QED) is 0.520. The molecule has 0 aliphatic heterocycles. The van der Waals surface area contributed by atoms with Gasteiger partial charge in [0.15, 0.2) is 0 Å². The molecule has 1 unspecified atom stereocenters. The van der Waals surface area contributed by atoms with E-state index in [1.165, 1.54) is 17.7 Å². The number of halogens is 2. The normalized spacial score (nSPS) is 12.2. The number of nitrogens with zero attached hydrogens (tertiary/aromatic N) is 1. The number of nitrogens with one attached hydrogen (secondary N) is 1. The number of benzene rings is 2. The van der Waals surface area contributed by atoms with Gasteiger partial charge in [-0.1, -0.05) is 48.0 Å². The number of rotatable bonds is 9. The average Bonchev–Trinajstić information content (AvgIpc) is 3.22. The minimum Gasteiger partial charge on any atom is -0.435 e. The Morgan fingerprint density at radius 3 is 2.40 bits per heavy atom. The Balaban J connectivity index is 1.60. The summed E-state index contributed by atoms with van der Waals surface area (Å²) in [4.78, 5) is 15.7. The van der Waals surface area contributed by atoms with Crippen LogP contribution in [0.4, 0.5) is 8.78 Å². The monoisotopic (exact) mass is 430 g/mol. The van der Waals surface area contributed by atoms with Crippen molar-refractivity contribution in [1.82, 2.24) is 10.2 Å². The fourth-order valence-corrected chi connectivity index (χ4v) is 3.93. The summed E-state index contributed by atoms with van der Waals surface area (Å²) in [5.74, 6) is 0.0279. The topological polar surface area (TPSA) is 41.6 Å². The van der Waals surface area contributed by atoms with E-state index >= 15 is 0 Å². The second kappa shape index (κ2) is 10.3. The fraction of sp³-hybridized carbons (Fsp3) is 0.261. The van der Waals surface area contributed by atoms with Crippen molar-refractivity contribution in [3.8, 4) is 5.75 Å². The molecule has 1 heterocycles. The van der Waals surface area contributed by atoms with Gasteiger partial charge in [0.05, 0.1) is 12.6 Å². The van der Waals surface area contributed by atoms with Crippen molar-refractivity contribution in [2.24, 2.45) is 0 Å². The van der Waals surface area contributed by atoms with E-state index in [0.717, 1.165) is 16.0 Å². The van der Waals surface area contributed by atoms with Crippen molar-refractivity contribution in [1.29, 1.82) is 0 Å². The van der Waals surface area contributed by atoms with Gasteiger partial charge in [-0.2, -0.15) is 8.78 Å². The van der Waals surface area contributed by atoms with Crippen molar-refractivity contribution >= 4 is 17.2 Å². The van der Waals surface area contributed by atoms with Crippen LogP contribution < -0.4 is 10.1 Å². The van der Waals surface area contributed by atoms with E-state index in [2.05, 4.69) is 10.1 Å². The van der Waals surface area contributed by atoms with Gasteiger partial charge in [0.25, 0.3) is 0 Å². The molecule has 0 fully saturated rings. The number of likely N-dealkylation sites (N-methyl/N-ethyl adjacent to an activating group) is 1. The van der Waals surface area contributed by atoms with Gasteiger partial charge in [-0.15, -0.1) is 11.3 Å². The Morgan fingerprint density at radius 2 is 1.80 bits per heavy atom. The number of carbonyl (C=O) groups is 1. The van der Waals surface area contributed by atoms with E-state index in [0.29, 0.717) is 6.54 Å². The van der Waals surface area contributed by atoms with E-state index in [9.17, 15) is 13.6 Å². The molecular formula is C23H24F2N2O2S. The first-order valence-electron chi connectivity index (χ1n) is 9.52. The van der Waals surface area contributed by atoms with Crippen LogP contribution in [0.3, 0.4) is 0 Å². The number of hydrogen-bond donors (Lipinski definition) is 1. The van der Waals surface area contributed by atoms with Gasteiger partial charge < -0.3 is 10.1 Å². The molecule has 7 heteroatoms. The molecule has 2 aromatic carbocycles. The van der Waals surface area contributed by atoms with Crippen molar-refractivity contribution in [3.63, 3.8) is 0 Å². The Bertz CT molecular complexity index is 929. The lowest BCUT2D eigenvalue weighted by molar-refractivity contribution is -0.122. The molecule has 0 saturated heterocycles. The molecular weight excluding hydrogens is 406 g/mol. The minimum absolute atomic E-state index is 0.0888. The average molecular weight is 431 g/mol. The first-order valence-corrected chi connectivity index (χ1v) is 10.4. The summed E-state index contributed by atoms with van der Waals surface area (Å²) >= 11 is 1.61. The zero-order valence-electron chi connectivity index (χ0n) is 16.8. The number of carbonyl (C=O) groups excluding carboxylic acids is 1. The predicted octanol–water partition coefficient (Wildman–Crippen LogP) is 5.00. The highest BCUT2D eigenvalue weighted by Gasteiger charge is 2.19. The SMILES string of the molecule is Cc1ccc(C(NC(=O)CN(C)Cc2ccc(OC(F)F)cc2)c2cccs2)cc1. The number of thiophene rings is 1. The largest absolute Gasteiger partial charge is 0.435 e. The van der Waals surface area contributed by atoms with E-state index in [1.807, 2.05) is 60.6 Å². The highest BCUT2D eigenvalue weighted by Crippen LogP contribution is 2.26. The second-order valence-corrected chi connectivity index (χ2v) is 8.10. The summed E-state index contributed by atoms with van der Waals surface area (Å²) in [6.07, 6.45) is 0. The van der Waals surface area contributed by atoms with E-state index < -0.39 is 6.61 Å². The highest BCUT2D eigenvalue weighted by atomic mass is 32.1. The first-order chi connectivity index (χ1) is 14.4. The molecule has 0 spiro atoms. The lowest BCUT2D eigenvalue weighted by atomic mass is 10.0. The molecule has 1 aromatic heterocycles. The molecule has 0 saturated carbocycles. The van der Waals surface area contributed by atoms with Gasteiger partial charge in [-0.3, -0.25) is 9.69 Å². The third-order valence-corrected chi connectivity index (χ3v) is 5.50. The van der Waals surface area contributed by atoms with Crippen LogP contribution in [-0.4, -0.2) is 31.0 Å². The second-order valence-electron chi connectivity index (χ2n) is 7.12. The zero-order valence-corrected chi connectivity index (χ0v) is 17.7. The molecule has 1 N–H and O–H groups in total. The van der Waals surface area contributed by atoms with E-state index in [1.54, 1.807) is 23.5 Å². The van der Waals surface area contributed by atoms with Crippen molar-refractivity contribution in [2.45, 2.75) is 26.1 Å². The summed E-state index contributed by atoms with van der Waals surface area (Å²) in [5.41, 5.74) is 3.11. The van der Waals surface area contributed by atoms with Gasteiger partial charge in [0, 0.05) is 11.4 Å². The van der Waals surface area contributed by atoms with Gasteiger partial charge in [0.2, 0.25) is 5.91 Å². The zero-order chi connectivity index (χ0) is 21.5. The molecule has 4 nitrogen and oxygen atoms in total. The molecule has 158 valence electrons. The summed E-state index contributed by atoms with van der Waals surface area (Å²) in [5, 5.41) is 5.13. The summed E-state index contributed by atoms with van der Waals surface area (Å²) < 4.78 is 28.9. The lowest BCUT2D eigenvalue weighted by Gasteiger charge is -2.21. The smallest absolute Gasteiger partial charge is 0.387 e. The maximum atomic E-state index is 12.7. The van der Waals surface area contributed by atoms with Crippen LogP contribution in [0, 0.1) is 6.92 Å². The standard InChI is InChI=1S/C23H24F2N2O2S/c1-16-5-9-18(10-6-16)22(20-4-3-13-30-20)26-21(28)15-27(2)14-17-7-11-19(12-8-17)29-23(24)25/h3-13,22-23H,14-15H2,1-2H3,(H,26,28). The van der Waals surface area contributed by atoms with E-state index in [-0.39, 0.29) is 24.2 Å². The number of amides is 1. The van der Waals surface area contributed by atoms with Gasteiger partial charge in [0.1, 0.15) is 5.75 Å². The molecule has 0 aliphatic carbocycles. The molecule has 3 aromatic rings. The molecule has 3 rings (SSSR count). The number of aryl methyl sites for hydroxylation is 1. The molecule has 0 radical (unpaired) electrons. The van der Waals surface area contributed by atoms with Gasteiger partial charge in [-0.25, -0.2) is 0 Å². The molecule has 0 bridgehead atoms. The van der Waals surface area contributed by atoms with Crippen molar-refractivity contribution in [2.75, 3.05) is 13.6 Å². The van der Waals surface area contributed by atoms with Crippen LogP contribution in [0.2, 0.25) is 0 Å². The van der Waals surface area contributed by atoms with Crippen LogP contribution >= 0.6 is 11.3 Å². The molecule has 1 amide bonds. The van der Waals surface area contributed by atoms with Crippen LogP contribution in [-0.2, 0) is 11.3 Å². The Hall–Kier alpha value is -2.77. The molecule has 30 heavy (non-hydrogen) atoms. The van der Waals surface area contributed by atoms with Gasteiger partial charge >= 0.3 is 6.61 Å². The summed E-state index contributed by atoms with van der Waals surface area (Å²) in [6.45, 7) is -0.0875. The summed E-state index contributed by atoms with van der Waals surface area (Å²) in [7, 11) is 1.84. The first kappa shape index (κ1) is 21.9. The Morgan fingerprint density at radius 1 is 1.10 bits per heavy atom. The maximum absolute atomic E-state index is 12.7. The lowest BCUT2D eigenvalue weighted by Crippen LogP contribution is -2.37. The maximum Gasteiger partial charge on any atom is 0.387 e. The minimum atomic E-state index is -2.84. The Kier molecular flexibility index (Phi) is 7.54. The van der Waals surface area contributed by atoms with Gasteiger partial charge in [-0.05, 0) is 48.7 Å². The summed E-state index contributed by atoms with van der Waals surface area (Å²) in [6, 6.07) is 18.4. The third kappa shape index (κ3) is 6.37. The van der Waals surface area contributed by atoms with Crippen LogP contribution in [0.5, 0.6) is 5.75 Å². The Labute approximate surface area is 179 Å². The van der Waals surface area contributed by atoms with Crippen molar-refractivity contribution in [3.05, 3.63) is 87.6 Å².